The molecular formula is C21H22ClNO3. The first-order chi connectivity index (χ1) is 12.4. The predicted octanol–water partition coefficient (Wildman–Crippen LogP) is 4.73. The molecule has 0 bridgehead atoms. The van der Waals surface area contributed by atoms with E-state index in [9.17, 15) is 9.90 Å². The lowest BCUT2D eigenvalue weighted by atomic mass is 10.1. The highest BCUT2D eigenvalue weighted by molar-refractivity contribution is 6.35. The fraction of sp³-hybridized carbons (Fsp3) is 0.286. The molecule has 1 heterocycles. The molecule has 0 spiro atoms. The molecule has 5 heteroatoms. The van der Waals surface area contributed by atoms with E-state index in [1.165, 1.54) is 0 Å². The van der Waals surface area contributed by atoms with Crippen molar-refractivity contribution in [1.29, 1.82) is 0 Å². The molecule has 1 amide bonds. The van der Waals surface area contributed by atoms with Gasteiger partial charge in [0.05, 0.1) is 17.7 Å². The van der Waals surface area contributed by atoms with Crippen molar-refractivity contribution in [1.82, 2.24) is 4.90 Å². The molecule has 4 nitrogen and oxygen atoms in total. The van der Waals surface area contributed by atoms with Crippen molar-refractivity contribution in [2.45, 2.75) is 33.4 Å². The molecule has 0 aliphatic rings. The summed E-state index contributed by atoms with van der Waals surface area (Å²) < 4.78 is 5.85. The van der Waals surface area contributed by atoms with E-state index >= 15 is 0 Å². The Kier molecular flexibility index (Phi) is 5.35. The molecule has 0 saturated carbocycles. The molecule has 2 aromatic carbocycles. The second kappa shape index (κ2) is 7.52. The highest BCUT2D eigenvalue weighted by Gasteiger charge is 2.27. The zero-order valence-electron chi connectivity index (χ0n) is 15.1. The highest BCUT2D eigenvalue weighted by atomic mass is 35.5. The van der Waals surface area contributed by atoms with Gasteiger partial charge in [-0.3, -0.25) is 4.79 Å². The van der Waals surface area contributed by atoms with E-state index in [0.717, 1.165) is 22.1 Å². The summed E-state index contributed by atoms with van der Waals surface area (Å²) in [5.74, 6) is 0.0153. The molecule has 0 radical (unpaired) electrons. The molecule has 0 aliphatic heterocycles. The molecule has 1 atom stereocenters. The monoisotopic (exact) mass is 371 g/mol. The summed E-state index contributed by atoms with van der Waals surface area (Å²) in [5, 5.41) is 11.0. The summed E-state index contributed by atoms with van der Waals surface area (Å²) in [6.45, 7) is 5.90. The minimum absolute atomic E-state index is 0.127. The Bertz CT molecular complexity index is 933. The first-order valence-corrected chi connectivity index (χ1v) is 8.95. The van der Waals surface area contributed by atoms with Crippen molar-refractivity contribution in [3.63, 3.8) is 0 Å². The van der Waals surface area contributed by atoms with Crippen molar-refractivity contribution in [2.75, 3.05) is 6.61 Å². The number of hydrogen-bond donors (Lipinski definition) is 1. The van der Waals surface area contributed by atoms with Crippen molar-refractivity contribution in [3.8, 4) is 0 Å². The van der Waals surface area contributed by atoms with Gasteiger partial charge in [0.25, 0.3) is 5.91 Å². The number of carbonyl (C=O) groups excluding carboxylic acids is 1. The maximum atomic E-state index is 13.2. The highest BCUT2D eigenvalue weighted by Crippen LogP contribution is 2.33. The average molecular weight is 372 g/mol. The summed E-state index contributed by atoms with van der Waals surface area (Å²) in [6, 6.07) is 13.1. The number of hydrogen-bond acceptors (Lipinski definition) is 3. The number of aliphatic hydroxyl groups excluding tert-OH is 1. The fourth-order valence-electron chi connectivity index (χ4n) is 3.05. The molecule has 3 rings (SSSR count). The van der Waals surface area contributed by atoms with Crippen LogP contribution in [-0.2, 0) is 6.54 Å². The Labute approximate surface area is 158 Å². The maximum absolute atomic E-state index is 13.2. The third-order valence-electron chi connectivity index (χ3n) is 4.58. The predicted molar refractivity (Wildman–Crippen MR) is 104 cm³/mol. The van der Waals surface area contributed by atoms with E-state index in [1.807, 2.05) is 63.2 Å². The Balaban J connectivity index is 2.03. The number of amides is 1. The van der Waals surface area contributed by atoms with E-state index in [2.05, 4.69) is 0 Å². The van der Waals surface area contributed by atoms with Gasteiger partial charge in [0, 0.05) is 17.5 Å². The van der Waals surface area contributed by atoms with Crippen LogP contribution in [0.4, 0.5) is 0 Å². The quantitative estimate of drug-likeness (QED) is 0.705. The Hall–Kier alpha value is -2.30. The van der Waals surface area contributed by atoms with E-state index < -0.39 is 0 Å². The number of halogens is 1. The SMILES string of the molecule is Cc1cc(Cl)c2oc(C(=O)N(Cc3ccccc3)C(C)CO)c(C)c2c1. The van der Waals surface area contributed by atoms with Gasteiger partial charge in [0.1, 0.15) is 0 Å². The van der Waals surface area contributed by atoms with Gasteiger partial charge in [-0.2, -0.15) is 0 Å². The van der Waals surface area contributed by atoms with E-state index in [4.69, 9.17) is 16.0 Å². The molecule has 1 aromatic heterocycles. The second-order valence-electron chi connectivity index (χ2n) is 6.63. The van der Waals surface area contributed by atoms with Crippen LogP contribution in [0.3, 0.4) is 0 Å². The zero-order valence-corrected chi connectivity index (χ0v) is 15.9. The van der Waals surface area contributed by atoms with Crippen molar-refractivity contribution in [3.05, 3.63) is 69.9 Å². The standard InChI is InChI=1S/C21H22ClNO3/c1-13-9-17-15(3)19(26-20(17)18(22)10-13)21(25)23(14(2)12-24)11-16-7-5-4-6-8-16/h4-10,14,24H,11-12H2,1-3H3. The summed E-state index contributed by atoms with van der Waals surface area (Å²) in [7, 11) is 0. The maximum Gasteiger partial charge on any atom is 0.290 e. The Morgan fingerprint density at radius 3 is 2.58 bits per heavy atom. The zero-order chi connectivity index (χ0) is 18.8. The summed E-state index contributed by atoms with van der Waals surface area (Å²) in [6.07, 6.45) is 0. The smallest absolute Gasteiger partial charge is 0.290 e. The number of carbonyl (C=O) groups is 1. The average Bonchev–Trinajstić information content (AvgIpc) is 2.96. The van der Waals surface area contributed by atoms with Crippen LogP contribution in [0.15, 0.2) is 46.9 Å². The third-order valence-corrected chi connectivity index (χ3v) is 4.86. The van der Waals surface area contributed by atoms with Gasteiger partial charge in [0.2, 0.25) is 0 Å². The number of aliphatic hydroxyl groups is 1. The Morgan fingerprint density at radius 1 is 1.23 bits per heavy atom. The van der Waals surface area contributed by atoms with Crippen LogP contribution in [0.25, 0.3) is 11.0 Å². The Morgan fingerprint density at radius 2 is 1.92 bits per heavy atom. The lowest BCUT2D eigenvalue weighted by molar-refractivity contribution is 0.0568. The fourth-order valence-corrected chi connectivity index (χ4v) is 3.37. The van der Waals surface area contributed by atoms with Crippen molar-refractivity contribution >= 4 is 28.5 Å². The minimum Gasteiger partial charge on any atom is -0.449 e. The van der Waals surface area contributed by atoms with Crippen LogP contribution in [0.2, 0.25) is 5.02 Å². The molecule has 3 aromatic rings. The summed E-state index contributed by atoms with van der Waals surface area (Å²) in [4.78, 5) is 14.8. The van der Waals surface area contributed by atoms with E-state index in [-0.39, 0.29) is 24.3 Å². The van der Waals surface area contributed by atoms with Gasteiger partial charge in [-0.15, -0.1) is 0 Å². The molecule has 1 N–H and O–H groups in total. The van der Waals surface area contributed by atoms with Crippen LogP contribution >= 0.6 is 11.6 Å². The lowest BCUT2D eigenvalue weighted by Gasteiger charge is -2.27. The first-order valence-electron chi connectivity index (χ1n) is 8.57. The van der Waals surface area contributed by atoms with Gasteiger partial charge in [0.15, 0.2) is 11.3 Å². The number of furan rings is 1. The van der Waals surface area contributed by atoms with Gasteiger partial charge in [-0.05, 0) is 44.0 Å². The summed E-state index contributed by atoms with van der Waals surface area (Å²) >= 11 is 6.29. The molecule has 0 fully saturated rings. The van der Waals surface area contributed by atoms with Crippen LogP contribution in [0.5, 0.6) is 0 Å². The first kappa shape index (κ1) is 18.5. The third kappa shape index (κ3) is 3.48. The number of fused-ring (bicyclic) bond motifs is 1. The largest absolute Gasteiger partial charge is 0.449 e. The normalized spacial score (nSPS) is 12.3. The van der Waals surface area contributed by atoms with Crippen molar-refractivity contribution in [2.24, 2.45) is 0 Å². The number of aryl methyl sites for hydroxylation is 2. The van der Waals surface area contributed by atoms with Gasteiger partial charge < -0.3 is 14.4 Å². The molecule has 0 aliphatic carbocycles. The van der Waals surface area contributed by atoms with Crippen LogP contribution in [0.1, 0.15) is 34.2 Å². The summed E-state index contributed by atoms with van der Waals surface area (Å²) in [5.41, 5.74) is 3.28. The van der Waals surface area contributed by atoms with E-state index in [0.29, 0.717) is 17.2 Å². The number of benzene rings is 2. The second-order valence-corrected chi connectivity index (χ2v) is 7.04. The van der Waals surface area contributed by atoms with Crippen LogP contribution in [-0.4, -0.2) is 28.6 Å². The van der Waals surface area contributed by atoms with Gasteiger partial charge in [-0.25, -0.2) is 0 Å². The van der Waals surface area contributed by atoms with Gasteiger partial charge >= 0.3 is 0 Å². The molecular weight excluding hydrogens is 350 g/mol. The number of rotatable bonds is 5. The van der Waals surface area contributed by atoms with E-state index in [1.54, 1.807) is 4.90 Å². The molecule has 0 saturated heterocycles. The topological polar surface area (TPSA) is 53.7 Å². The van der Waals surface area contributed by atoms with Crippen LogP contribution in [0, 0.1) is 13.8 Å². The molecule has 1 unspecified atom stereocenters. The molecule has 136 valence electrons. The molecule has 26 heavy (non-hydrogen) atoms. The van der Waals surface area contributed by atoms with Crippen molar-refractivity contribution < 1.29 is 14.3 Å². The minimum atomic E-state index is -0.340. The van der Waals surface area contributed by atoms with Gasteiger partial charge in [-0.1, -0.05) is 41.9 Å². The number of nitrogens with zero attached hydrogens (tertiary/aromatic N) is 1. The van der Waals surface area contributed by atoms with Crippen LogP contribution < -0.4 is 0 Å². The lowest BCUT2D eigenvalue weighted by Crippen LogP contribution is -2.40.